The van der Waals surface area contributed by atoms with Gasteiger partial charge in [0, 0.05) is 70.7 Å². The highest BCUT2D eigenvalue weighted by Crippen LogP contribution is 2.56. The normalized spacial score (nSPS) is 13.3. The molecule has 6 aromatic carbocycles. The van der Waals surface area contributed by atoms with E-state index in [1.54, 1.807) is 0 Å². The van der Waals surface area contributed by atoms with Gasteiger partial charge in [-0.25, -0.2) is 4.98 Å². The number of benzene rings is 6. The first kappa shape index (κ1) is 37.8. The van der Waals surface area contributed by atoms with E-state index in [0.717, 1.165) is 35.2 Å². The molecule has 302 valence electrons. The molecule has 1 aliphatic heterocycles. The van der Waals surface area contributed by atoms with E-state index in [4.69, 9.17) is 9.72 Å². The van der Waals surface area contributed by atoms with Crippen molar-refractivity contribution in [2.75, 3.05) is 16.5 Å². The van der Waals surface area contributed by atoms with Crippen molar-refractivity contribution >= 4 is 96.8 Å². The average molecular weight is 833 g/mol. The van der Waals surface area contributed by atoms with Crippen molar-refractivity contribution in [3.05, 3.63) is 156 Å². The second kappa shape index (κ2) is 14.2. The van der Waals surface area contributed by atoms with Crippen molar-refractivity contribution in [3.63, 3.8) is 0 Å². The fourth-order valence-corrected chi connectivity index (χ4v) is 11.7. The second-order valence-corrected chi connectivity index (χ2v) is 20.2. The van der Waals surface area contributed by atoms with Gasteiger partial charge in [-0.2, -0.15) is 0 Å². The Kier molecular flexibility index (Phi) is 8.82. The van der Waals surface area contributed by atoms with Gasteiger partial charge in [-0.3, -0.25) is 4.57 Å². The van der Waals surface area contributed by atoms with Crippen molar-refractivity contribution in [2.24, 2.45) is 0 Å². The molecule has 1 aliphatic rings. The summed E-state index contributed by atoms with van der Waals surface area (Å²) in [4.78, 5) is 10.1. The molecule has 0 aliphatic carbocycles. The van der Waals surface area contributed by atoms with E-state index >= 15 is 0 Å². The molecular formula is C54H48N4OS2. The van der Waals surface area contributed by atoms with Crippen LogP contribution in [0.25, 0.3) is 57.9 Å². The Labute approximate surface area is 365 Å². The van der Waals surface area contributed by atoms with Gasteiger partial charge in [-0.05, 0) is 88.5 Å². The topological polar surface area (TPSA) is 33.5 Å². The summed E-state index contributed by atoms with van der Waals surface area (Å²) < 4.78 is 13.1. The Morgan fingerprint density at radius 3 is 2.03 bits per heavy atom. The van der Waals surface area contributed by atoms with Crippen molar-refractivity contribution in [1.82, 2.24) is 9.55 Å². The van der Waals surface area contributed by atoms with Crippen molar-refractivity contribution in [1.29, 1.82) is 0 Å². The van der Waals surface area contributed by atoms with Crippen LogP contribution in [0, 0.1) is 0 Å². The Balaban J connectivity index is 1.04. The van der Waals surface area contributed by atoms with Crippen LogP contribution in [0.2, 0.25) is 0 Å². The summed E-state index contributed by atoms with van der Waals surface area (Å²) in [5.41, 5.74) is 9.96. The summed E-state index contributed by atoms with van der Waals surface area (Å²) in [6.45, 7) is 16.7. The molecule has 7 heteroatoms. The lowest BCUT2D eigenvalue weighted by Crippen LogP contribution is -2.26. The van der Waals surface area contributed by atoms with E-state index in [9.17, 15) is 0 Å². The first-order valence-electron chi connectivity index (χ1n) is 21.4. The number of fused-ring (bicyclic) bond motifs is 10. The molecule has 0 radical (unpaired) electrons. The highest BCUT2D eigenvalue weighted by atomic mass is 32.1. The monoisotopic (exact) mass is 832 g/mol. The van der Waals surface area contributed by atoms with Crippen LogP contribution in [-0.4, -0.2) is 16.2 Å². The van der Waals surface area contributed by atoms with Crippen LogP contribution in [0.1, 0.15) is 77.0 Å². The summed E-state index contributed by atoms with van der Waals surface area (Å²) in [5.74, 6) is 3.26. The average Bonchev–Trinajstić information content (AvgIpc) is 4.01. The molecule has 10 aromatic rings. The third-order valence-corrected chi connectivity index (χ3v) is 14.7. The van der Waals surface area contributed by atoms with Crippen LogP contribution in [0.15, 0.2) is 140 Å². The summed E-state index contributed by atoms with van der Waals surface area (Å²) in [7, 11) is 0. The van der Waals surface area contributed by atoms with Gasteiger partial charge in [0.15, 0.2) is 0 Å². The second-order valence-electron chi connectivity index (χ2n) is 18.0. The summed E-state index contributed by atoms with van der Waals surface area (Å²) >= 11 is 3.72. The third kappa shape index (κ3) is 6.12. The van der Waals surface area contributed by atoms with E-state index in [2.05, 4.69) is 196 Å². The molecule has 0 N–H and O–H groups in total. The SMILES string of the molecule is CC(C)c1cccc(C(C)C)c1N1CN(c2cccc(Oc3ccc4c5ccc6sc7ccccc7c6c5n(-c5cc(C(C)(C)C)ccn5)c4c3)c2)c2sc3ccccc3c21. The zero-order valence-corrected chi connectivity index (χ0v) is 37.3. The van der Waals surface area contributed by atoms with Crippen LogP contribution in [0.4, 0.5) is 22.1 Å². The highest BCUT2D eigenvalue weighted by molar-refractivity contribution is 7.26. The highest BCUT2D eigenvalue weighted by Gasteiger charge is 2.35. The van der Waals surface area contributed by atoms with Gasteiger partial charge in [0.1, 0.15) is 29.0 Å². The lowest BCUT2D eigenvalue weighted by atomic mass is 9.88. The third-order valence-electron chi connectivity index (χ3n) is 12.4. The Morgan fingerprint density at radius 1 is 0.590 bits per heavy atom. The molecule has 4 aromatic heterocycles. The fourth-order valence-electron chi connectivity index (χ4n) is 9.40. The number of anilines is 4. The summed E-state index contributed by atoms with van der Waals surface area (Å²) in [6.07, 6.45) is 1.96. The molecule has 0 atom stereocenters. The van der Waals surface area contributed by atoms with Gasteiger partial charge < -0.3 is 14.5 Å². The number of para-hydroxylation sites is 1. The predicted octanol–water partition coefficient (Wildman–Crippen LogP) is 16.3. The number of rotatable bonds is 7. The summed E-state index contributed by atoms with van der Waals surface area (Å²) in [6, 6.07) is 48.6. The van der Waals surface area contributed by atoms with Crippen molar-refractivity contribution in [2.45, 2.75) is 65.7 Å². The molecule has 0 bridgehead atoms. The zero-order chi connectivity index (χ0) is 41.7. The van der Waals surface area contributed by atoms with Crippen molar-refractivity contribution in [3.8, 4) is 17.3 Å². The van der Waals surface area contributed by atoms with E-state index in [1.807, 2.05) is 28.9 Å². The van der Waals surface area contributed by atoms with Gasteiger partial charge >= 0.3 is 0 Å². The van der Waals surface area contributed by atoms with Crippen LogP contribution in [-0.2, 0) is 5.41 Å². The first-order chi connectivity index (χ1) is 29.5. The number of nitrogens with zero attached hydrogens (tertiary/aromatic N) is 4. The molecule has 0 fully saturated rings. The summed E-state index contributed by atoms with van der Waals surface area (Å²) in [5, 5.41) is 7.48. The largest absolute Gasteiger partial charge is 0.457 e. The molecular weight excluding hydrogens is 785 g/mol. The van der Waals surface area contributed by atoms with Crippen LogP contribution in [0.5, 0.6) is 11.5 Å². The zero-order valence-electron chi connectivity index (χ0n) is 35.7. The maximum Gasteiger partial charge on any atom is 0.137 e. The molecule has 11 rings (SSSR count). The van der Waals surface area contributed by atoms with Gasteiger partial charge in [-0.1, -0.05) is 115 Å². The first-order valence-corrected chi connectivity index (χ1v) is 23.0. The molecule has 0 spiro atoms. The molecule has 5 heterocycles. The molecule has 5 nitrogen and oxygen atoms in total. The fraction of sp³-hybridized carbons (Fsp3) is 0.204. The van der Waals surface area contributed by atoms with Gasteiger partial charge in [0.2, 0.25) is 0 Å². The van der Waals surface area contributed by atoms with E-state index < -0.39 is 0 Å². The molecule has 0 saturated heterocycles. The van der Waals surface area contributed by atoms with Crippen LogP contribution >= 0.6 is 22.7 Å². The Bertz CT molecular complexity index is 3320. The number of ether oxygens (including phenoxy) is 1. The molecule has 61 heavy (non-hydrogen) atoms. The number of hydrogen-bond donors (Lipinski definition) is 0. The number of aromatic nitrogens is 2. The molecule has 0 amide bonds. The van der Waals surface area contributed by atoms with Gasteiger partial charge in [0.05, 0.1) is 16.7 Å². The predicted molar refractivity (Wildman–Crippen MR) is 262 cm³/mol. The minimum Gasteiger partial charge on any atom is -0.457 e. The number of thiophene rings is 2. The van der Waals surface area contributed by atoms with E-state index in [-0.39, 0.29) is 5.41 Å². The smallest absolute Gasteiger partial charge is 0.137 e. The quantitative estimate of drug-likeness (QED) is 0.160. The van der Waals surface area contributed by atoms with Gasteiger partial charge in [-0.15, -0.1) is 22.7 Å². The minimum atomic E-state index is -0.0301. The number of pyridine rings is 1. The van der Waals surface area contributed by atoms with Crippen molar-refractivity contribution < 1.29 is 4.74 Å². The standard InChI is InChI=1S/C54H48N4OS2/c1-32(2)38-18-13-19-39(33(3)4)50(38)57-31-56(53-52(57)43-17-9-11-21-46(43)61-53)35-14-12-15-36(29-35)59-37-22-23-40-41-24-25-47-49(42-16-8-10-20-45(42)60-47)51(41)58(44(40)30-37)48-28-34(26-27-55-48)54(5,6)7/h8-30,32-33H,31H2,1-7H3. The Hall–Kier alpha value is -6.15. The van der Waals surface area contributed by atoms with Gasteiger partial charge in [0.25, 0.3) is 0 Å². The van der Waals surface area contributed by atoms with E-state index in [1.165, 1.54) is 79.6 Å². The lowest BCUT2D eigenvalue weighted by molar-refractivity contribution is 0.483. The molecule has 0 saturated carbocycles. The number of hydrogen-bond acceptors (Lipinski definition) is 6. The lowest BCUT2D eigenvalue weighted by Gasteiger charge is -2.29. The van der Waals surface area contributed by atoms with Crippen LogP contribution in [0.3, 0.4) is 0 Å². The van der Waals surface area contributed by atoms with E-state index in [0.29, 0.717) is 11.8 Å². The minimum absolute atomic E-state index is 0.0301. The maximum absolute atomic E-state index is 6.89. The maximum atomic E-state index is 6.89. The molecule has 0 unspecified atom stereocenters. The van der Waals surface area contributed by atoms with Crippen LogP contribution < -0.4 is 14.5 Å². The Morgan fingerprint density at radius 2 is 1.28 bits per heavy atom.